The van der Waals surface area contributed by atoms with Crippen LogP contribution in [0.2, 0.25) is 5.02 Å². The van der Waals surface area contributed by atoms with E-state index in [1.54, 1.807) is 10.9 Å². The lowest BCUT2D eigenvalue weighted by molar-refractivity contribution is 0.103. The highest BCUT2D eigenvalue weighted by atomic mass is 35.5. The van der Waals surface area contributed by atoms with Crippen molar-refractivity contribution in [2.45, 2.75) is 33.9 Å². The summed E-state index contributed by atoms with van der Waals surface area (Å²) in [5.74, 6) is 0.967. The number of halogens is 1. The Morgan fingerprint density at radius 3 is 2.72 bits per heavy atom. The Morgan fingerprint density at radius 2 is 1.91 bits per heavy atom. The smallest absolute Gasteiger partial charge is 0.266 e. The van der Waals surface area contributed by atoms with Crippen LogP contribution in [0.4, 0.5) is 5.82 Å². The number of hydrogen-bond acceptors (Lipinski definition) is 4. The molecule has 0 fully saturated rings. The second-order valence-corrected chi connectivity index (χ2v) is 9.16. The average Bonchev–Trinajstić information content (AvgIpc) is 3.35. The Morgan fingerprint density at radius 1 is 1.09 bits per heavy atom. The van der Waals surface area contributed by atoms with Gasteiger partial charge in [-0.3, -0.25) is 9.48 Å². The molecular formula is C25H24ClN3O2S. The fraction of sp³-hybridized carbons (Fsp3) is 0.200. The van der Waals surface area contributed by atoms with Crippen LogP contribution < -0.4 is 10.1 Å². The van der Waals surface area contributed by atoms with Crippen LogP contribution in [-0.2, 0) is 13.2 Å². The summed E-state index contributed by atoms with van der Waals surface area (Å²) in [4.78, 5) is 13.3. The maximum Gasteiger partial charge on any atom is 0.266 e. The molecule has 0 unspecified atom stereocenters. The van der Waals surface area contributed by atoms with E-state index >= 15 is 0 Å². The topological polar surface area (TPSA) is 56.2 Å². The number of benzene rings is 2. The van der Waals surface area contributed by atoms with E-state index in [9.17, 15) is 4.79 Å². The van der Waals surface area contributed by atoms with Crippen LogP contribution >= 0.6 is 22.9 Å². The van der Waals surface area contributed by atoms with Crippen LogP contribution in [0.3, 0.4) is 0 Å². The first kappa shape index (κ1) is 22.1. The molecule has 5 nitrogen and oxygen atoms in total. The van der Waals surface area contributed by atoms with Gasteiger partial charge in [0, 0.05) is 11.8 Å². The number of anilines is 1. The van der Waals surface area contributed by atoms with Gasteiger partial charge >= 0.3 is 0 Å². The van der Waals surface area contributed by atoms with Gasteiger partial charge in [-0.25, -0.2) is 0 Å². The van der Waals surface area contributed by atoms with Crippen LogP contribution in [0.25, 0.3) is 0 Å². The number of hydrogen-bond donors (Lipinski definition) is 1. The summed E-state index contributed by atoms with van der Waals surface area (Å²) in [6.07, 6.45) is 1.72. The van der Waals surface area contributed by atoms with E-state index in [1.165, 1.54) is 16.9 Å². The third-order valence-electron chi connectivity index (χ3n) is 4.99. The maximum absolute atomic E-state index is 12.7. The molecule has 0 spiro atoms. The Balaban J connectivity index is 1.39. The molecule has 2 aromatic carbocycles. The highest BCUT2D eigenvalue weighted by molar-refractivity contribution is 7.12. The monoisotopic (exact) mass is 465 g/mol. The van der Waals surface area contributed by atoms with E-state index in [0.29, 0.717) is 28.9 Å². The van der Waals surface area contributed by atoms with Gasteiger partial charge in [-0.1, -0.05) is 53.6 Å². The van der Waals surface area contributed by atoms with Gasteiger partial charge in [0.25, 0.3) is 5.91 Å². The number of nitrogens with zero attached hydrogens (tertiary/aromatic N) is 2. The van der Waals surface area contributed by atoms with Crippen molar-refractivity contribution in [1.29, 1.82) is 0 Å². The molecule has 4 rings (SSSR count). The van der Waals surface area contributed by atoms with E-state index < -0.39 is 0 Å². The van der Waals surface area contributed by atoms with Gasteiger partial charge in [-0.05, 0) is 55.0 Å². The van der Waals surface area contributed by atoms with Crippen LogP contribution in [-0.4, -0.2) is 15.7 Å². The molecular weight excluding hydrogens is 442 g/mol. The third kappa shape index (κ3) is 5.39. The van der Waals surface area contributed by atoms with Crippen molar-refractivity contribution in [3.63, 3.8) is 0 Å². The predicted molar refractivity (Wildman–Crippen MR) is 130 cm³/mol. The Hall–Kier alpha value is -3.09. The van der Waals surface area contributed by atoms with Crippen LogP contribution in [0, 0.1) is 20.8 Å². The van der Waals surface area contributed by atoms with Gasteiger partial charge in [0.2, 0.25) is 0 Å². The van der Waals surface area contributed by atoms with Gasteiger partial charge in [-0.15, -0.1) is 11.3 Å². The second-order valence-electron chi connectivity index (χ2n) is 7.84. The van der Waals surface area contributed by atoms with E-state index in [1.807, 2.05) is 62.5 Å². The molecule has 2 heterocycles. The van der Waals surface area contributed by atoms with Crippen molar-refractivity contribution in [2.75, 3.05) is 5.32 Å². The Kier molecular flexibility index (Phi) is 6.63. The molecule has 0 aliphatic carbocycles. The molecule has 0 radical (unpaired) electrons. The Bertz CT molecular complexity index is 1260. The largest absolute Gasteiger partial charge is 0.489 e. The molecule has 164 valence electrons. The maximum atomic E-state index is 12.7. The zero-order valence-electron chi connectivity index (χ0n) is 18.2. The van der Waals surface area contributed by atoms with Crippen molar-refractivity contribution in [1.82, 2.24) is 9.78 Å². The second kappa shape index (κ2) is 9.59. The predicted octanol–water partition coefficient (Wildman–Crippen LogP) is 6.40. The lowest BCUT2D eigenvalue weighted by Gasteiger charge is -2.08. The van der Waals surface area contributed by atoms with Gasteiger partial charge in [-0.2, -0.15) is 5.10 Å². The minimum Gasteiger partial charge on any atom is -0.489 e. The minimum absolute atomic E-state index is 0.240. The molecule has 2 aromatic heterocycles. The number of rotatable bonds is 7. The highest BCUT2D eigenvalue weighted by Gasteiger charge is 2.15. The summed E-state index contributed by atoms with van der Waals surface area (Å²) < 4.78 is 7.67. The summed E-state index contributed by atoms with van der Waals surface area (Å²) in [7, 11) is 0. The molecule has 0 saturated carbocycles. The van der Waals surface area contributed by atoms with Crippen molar-refractivity contribution in [3.05, 3.63) is 97.8 Å². The molecule has 0 aliphatic heterocycles. The standard InChI is InChI=1S/C25H24ClN3O2S/c1-16-5-4-6-19(9-16)12-29-13-21(26)24(28-29)27-25(30)23-11-20(15-32-23)14-31-22-10-17(2)7-8-18(22)3/h4-11,13,15H,12,14H2,1-3H3,(H,27,28,30). The SMILES string of the molecule is Cc1cccc(Cn2cc(Cl)c(NC(=O)c3cc(COc4cc(C)ccc4C)cs3)n2)c1. The zero-order valence-corrected chi connectivity index (χ0v) is 19.8. The first-order valence-electron chi connectivity index (χ1n) is 10.2. The fourth-order valence-corrected chi connectivity index (χ4v) is 4.31. The van der Waals surface area contributed by atoms with Crippen molar-refractivity contribution >= 4 is 34.7 Å². The summed E-state index contributed by atoms with van der Waals surface area (Å²) >= 11 is 7.68. The van der Waals surface area contributed by atoms with Crippen LogP contribution in [0.15, 0.2) is 60.1 Å². The van der Waals surface area contributed by atoms with Crippen LogP contribution in [0.1, 0.15) is 37.5 Å². The molecule has 4 aromatic rings. The lowest BCUT2D eigenvalue weighted by atomic mass is 10.1. The minimum atomic E-state index is -0.240. The van der Waals surface area contributed by atoms with E-state index in [0.717, 1.165) is 28.0 Å². The first-order chi connectivity index (χ1) is 15.4. The van der Waals surface area contributed by atoms with Gasteiger partial charge < -0.3 is 10.1 Å². The number of aryl methyl sites for hydroxylation is 3. The summed E-state index contributed by atoms with van der Waals surface area (Å²) in [5, 5.41) is 9.58. The Labute approximate surface area is 196 Å². The van der Waals surface area contributed by atoms with Gasteiger partial charge in [0.05, 0.1) is 11.4 Å². The number of carbonyl (C=O) groups is 1. The quantitative estimate of drug-likeness (QED) is 0.343. The number of carbonyl (C=O) groups excluding carboxylic acids is 1. The number of aromatic nitrogens is 2. The summed E-state index contributed by atoms with van der Waals surface area (Å²) in [6, 6.07) is 16.1. The van der Waals surface area contributed by atoms with Gasteiger partial charge in [0.15, 0.2) is 5.82 Å². The van der Waals surface area contributed by atoms with Crippen molar-refractivity contribution in [2.24, 2.45) is 0 Å². The van der Waals surface area contributed by atoms with E-state index in [-0.39, 0.29) is 5.91 Å². The summed E-state index contributed by atoms with van der Waals surface area (Å²) in [6.45, 7) is 7.08. The molecule has 1 amide bonds. The highest BCUT2D eigenvalue weighted by Crippen LogP contribution is 2.24. The number of thiophene rings is 1. The molecule has 0 saturated heterocycles. The molecule has 1 N–H and O–H groups in total. The van der Waals surface area contributed by atoms with Crippen molar-refractivity contribution < 1.29 is 9.53 Å². The van der Waals surface area contributed by atoms with Crippen molar-refractivity contribution in [3.8, 4) is 5.75 Å². The third-order valence-corrected chi connectivity index (χ3v) is 6.25. The molecule has 32 heavy (non-hydrogen) atoms. The average molecular weight is 466 g/mol. The lowest BCUT2D eigenvalue weighted by Crippen LogP contribution is -2.11. The molecule has 7 heteroatoms. The zero-order chi connectivity index (χ0) is 22.7. The normalized spacial score (nSPS) is 10.9. The number of ether oxygens (including phenoxy) is 1. The molecule has 0 aliphatic rings. The van der Waals surface area contributed by atoms with E-state index in [2.05, 4.69) is 22.5 Å². The van der Waals surface area contributed by atoms with E-state index in [4.69, 9.17) is 16.3 Å². The van der Waals surface area contributed by atoms with Gasteiger partial charge in [0.1, 0.15) is 17.4 Å². The molecule has 0 bridgehead atoms. The fourth-order valence-electron chi connectivity index (χ4n) is 3.32. The number of amides is 1. The number of nitrogens with one attached hydrogen (secondary N) is 1. The molecule has 0 atom stereocenters. The first-order valence-corrected chi connectivity index (χ1v) is 11.5. The van der Waals surface area contributed by atoms with Crippen LogP contribution in [0.5, 0.6) is 5.75 Å². The summed E-state index contributed by atoms with van der Waals surface area (Å²) in [5.41, 5.74) is 5.48.